The zero-order chi connectivity index (χ0) is 25.9. The summed E-state index contributed by atoms with van der Waals surface area (Å²) in [6.45, 7) is 5.32. The van der Waals surface area contributed by atoms with Gasteiger partial charge in [-0.2, -0.15) is 5.10 Å². The molecule has 0 fully saturated rings. The van der Waals surface area contributed by atoms with E-state index in [4.69, 9.17) is 30.5 Å². The maximum atomic E-state index is 12.6. The van der Waals surface area contributed by atoms with Crippen molar-refractivity contribution in [2.75, 3.05) is 20.3 Å². The maximum absolute atomic E-state index is 12.6. The van der Waals surface area contributed by atoms with Gasteiger partial charge in [-0.3, -0.25) is 4.79 Å². The highest BCUT2D eigenvalue weighted by Gasteiger charge is 2.13. The van der Waals surface area contributed by atoms with Crippen LogP contribution in [-0.4, -0.2) is 32.4 Å². The number of nitrogens with zero attached hydrogens (tertiary/aromatic N) is 1. The number of rotatable bonds is 12. The molecule has 0 aliphatic carbocycles. The molecule has 3 aromatic rings. The molecule has 1 amide bonds. The normalized spacial score (nSPS) is 10.8. The molecule has 0 radical (unpaired) electrons. The summed E-state index contributed by atoms with van der Waals surface area (Å²) in [5, 5.41) is 4.78. The minimum atomic E-state index is -0.362. The average molecular weight is 623 g/mol. The summed E-state index contributed by atoms with van der Waals surface area (Å²) >= 11 is 8.13. The van der Waals surface area contributed by atoms with Crippen molar-refractivity contribution in [1.29, 1.82) is 0 Å². The molecule has 36 heavy (non-hydrogen) atoms. The number of carbonyl (C=O) groups is 1. The average Bonchev–Trinajstić information content (AvgIpc) is 2.88. The van der Waals surface area contributed by atoms with Gasteiger partial charge in [-0.05, 0) is 89.5 Å². The van der Waals surface area contributed by atoms with Gasteiger partial charge in [-0.15, -0.1) is 0 Å². The lowest BCUT2D eigenvalue weighted by Crippen LogP contribution is -2.17. The van der Waals surface area contributed by atoms with Crippen LogP contribution < -0.4 is 24.4 Å². The van der Waals surface area contributed by atoms with Crippen LogP contribution >= 0.6 is 34.2 Å². The lowest BCUT2D eigenvalue weighted by atomic mass is 10.2. The Labute approximate surface area is 229 Å². The molecule has 3 rings (SSSR count). The molecule has 1 N–H and O–H groups in total. The smallest absolute Gasteiger partial charge is 0.271 e. The van der Waals surface area contributed by atoms with E-state index in [9.17, 15) is 4.79 Å². The van der Waals surface area contributed by atoms with Gasteiger partial charge in [0.2, 0.25) is 0 Å². The Balaban J connectivity index is 1.67. The Morgan fingerprint density at radius 3 is 2.47 bits per heavy atom. The van der Waals surface area contributed by atoms with Crippen LogP contribution in [0.4, 0.5) is 0 Å². The van der Waals surface area contributed by atoms with Crippen molar-refractivity contribution in [3.8, 4) is 23.0 Å². The Morgan fingerprint density at radius 1 is 1.00 bits per heavy atom. The highest BCUT2D eigenvalue weighted by atomic mass is 127. The fourth-order valence-electron chi connectivity index (χ4n) is 3.17. The quantitative estimate of drug-likeness (QED) is 0.142. The van der Waals surface area contributed by atoms with Crippen LogP contribution in [0.1, 0.15) is 41.8 Å². The first-order valence-corrected chi connectivity index (χ1v) is 12.9. The van der Waals surface area contributed by atoms with E-state index < -0.39 is 0 Å². The van der Waals surface area contributed by atoms with E-state index in [2.05, 4.69) is 33.1 Å². The third-order valence-corrected chi connectivity index (χ3v) is 5.95. The molecule has 0 spiro atoms. The zero-order valence-corrected chi connectivity index (χ0v) is 23.3. The number of amides is 1. The molecule has 0 saturated carbocycles. The van der Waals surface area contributed by atoms with Crippen molar-refractivity contribution in [3.05, 3.63) is 79.9 Å². The molecule has 7 nitrogen and oxygen atoms in total. The highest BCUT2D eigenvalue weighted by molar-refractivity contribution is 14.1. The minimum Gasteiger partial charge on any atom is -0.493 e. The Bertz CT molecular complexity index is 1200. The highest BCUT2D eigenvalue weighted by Crippen LogP contribution is 2.34. The minimum absolute atomic E-state index is 0.362. The van der Waals surface area contributed by atoms with Crippen LogP contribution in [0.15, 0.2) is 59.7 Å². The molecule has 3 aromatic carbocycles. The van der Waals surface area contributed by atoms with Gasteiger partial charge in [0.05, 0.1) is 30.1 Å². The van der Waals surface area contributed by atoms with Crippen LogP contribution in [-0.2, 0) is 6.61 Å². The molecular formula is C27H28ClIN2O5. The van der Waals surface area contributed by atoms with E-state index in [1.54, 1.807) is 37.6 Å². The molecule has 0 heterocycles. The van der Waals surface area contributed by atoms with Gasteiger partial charge >= 0.3 is 0 Å². The summed E-state index contributed by atoms with van der Waals surface area (Å²) in [5.74, 6) is 1.96. The molecule has 9 heteroatoms. The topological polar surface area (TPSA) is 78.4 Å². The zero-order valence-electron chi connectivity index (χ0n) is 20.3. The fraction of sp³-hybridized carbons (Fsp3) is 0.259. The van der Waals surface area contributed by atoms with E-state index in [1.807, 2.05) is 44.2 Å². The Morgan fingerprint density at radius 2 is 1.78 bits per heavy atom. The number of ether oxygens (including phenoxy) is 4. The van der Waals surface area contributed by atoms with Gasteiger partial charge < -0.3 is 18.9 Å². The first-order valence-electron chi connectivity index (χ1n) is 11.4. The van der Waals surface area contributed by atoms with Gasteiger partial charge in [-0.1, -0.05) is 30.7 Å². The number of hydrogen-bond acceptors (Lipinski definition) is 6. The van der Waals surface area contributed by atoms with Gasteiger partial charge in [0.25, 0.3) is 5.91 Å². The summed E-state index contributed by atoms with van der Waals surface area (Å²) in [4.78, 5) is 12.6. The van der Waals surface area contributed by atoms with E-state index in [0.29, 0.717) is 53.4 Å². The van der Waals surface area contributed by atoms with Crippen molar-refractivity contribution < 1.29 is 23.7 Å². The number of hydrazone groups is 1. The summed E-state index contributed by atoms with van der Waals surface area (Å²) in [7, 11) is 1.58. The number of carbonyl (C=O) groups excluding carboxylic acids is 1. The van der Waals surface area contributed by atoms with Crippen LogP contribution in [0.25, 0.3) is 0 Å². The lowest BCUT2D eigenvalue weighted by Gasteiger charge is -2.14. The third-order valence-electron chi connectivity index (χ3n) is 4.90. The van der Waals surface area contributed by atoms with E-state index in [-0.39, 0.29) is 5.91 Å². The fourth-order valence-corrected chi connectivity index (χ4v) is 4.08. The van der Waals surface area contributed by atoms with Crippen molar-refractivity contribution in [1.82, 2.24) is 5.43 Å². The molecule has 0 aliphatic rings. The molecule has 0 bridgehead atoms. The number of halogens is 2. The monoisotopic (exact) mass is 622 g/mol. The van der Waals surface area contributed by atoms with Crippen LogP contribution in [0.3, 0.4) is 0 Å². The van der Waals surface area contributed by atoms with Gasteiger partial charge in [0.1, 0.15) is 6.61 Å². The number of nitrogens with one attached hydrogen (secondary N) is 1. The molecule has 0 atom stereocenters. The van der Waals surface area contributed by atoms with Gasteiger partial charge in [-0.25, -0.2) is 5.43 Å². The maximum Gasteiger partial charge on any atom is 0.271 e. The van der Waals surface area contributed by atoms with E-state index >= 15 is 0 Å². The number of methoxy groups -OCH3 is 1. The van der Waals surface area contributed by atoms with Gasteiger partial charge in [0, 0.05) is 10.6 Å². The van der Waals surface area contributed by atoms with Crippen molar-refractivity contribution >= 4 is 46.3 Å². The van der Waals surface area contributed by atoms with Crippen molar-refractivity contribution in [2.24, 2.45) is 5.10 Å². The molecule has 190 valence electrons. The van der Waals surface area contributed by atoms with Crippen molar-refractivity contribution in [2.45, 2.75) is 26.9 Å². The lowest BCUT2D eigenvalue weighted by molar-refractivity contribution is 0.0954. The molecule has 0 aliphatic heterocycles. The Hall–Kier alpha value is -2.98. The third kappa shape index (κ3) is 7.76. The van der Waals surface area contributed by atoms with Crippen LogP contribution in [0.2, 0.25) is 5.02 Å². The summed E-state index contributed by atoms with van der Waals surface area (Å²) in [5.41, 5.74) is 4.70. The van der Waals surface area contributed by atoms with Crippen LogP contribution in [0, 0.1) is 3.57 Å². The second-order valence-electron chi connectivity index (χ2n) is 7.59. The predicted octanol–water partition coefficient (Wildman–Crippen LogP) is 6.48. The number of benzene rings is 3. The first kappa shape index (κ1) is 27.6. The predicted molar refractivity (Wildman–Crippen MR) is 150 cm³/mol. The Kier molecular flexibility index (Phi) is 10.7. The molecular weight excluding hydrogens is 595 g/mol. The standard InChI is InChI=1S/C27H28ClIN2O5/c1-4-12-35-23-11-8-20(15-24(23)34-5-2)27(32)31-30-16-19-13-22(29)26(25(14-19)33-3)36-17-18-6-9-21(28)10-7-18/h6-11,13-16H,4-5,12,17H2,1-3H3,(H,31,32)/b30-16+. The first-order chi connectivity index (χ1) is 17.4. The second-order valence-corrected chi connectivity index (χ2v) is 9.19. The SMILES string of the molecule is CCCOc1ccc(C(=O)N/N=C/c2cc(I)c(OCc3ccc(Cl)cc3)c(OC)c2)cc1OCC. The van der Waals surface area contributed by atoms with Crippen molar-refractivity contribution in [3.63, 3.8) is 0 Å². The summed E-state index contributed by atoms with van der Waals surface area (Å²) in [6.07, 6.45) is 2.43. The molecule has 0 saturated heterocycles. The van der Waals surface area contributed by atoms with Crippen LogP contribution in [0.5, 0.6) is 23.0 Å². The largest absolute Gasteiger partial charge is 0.493 e. The molecule has 0 unspecified atom stereocenters. The summed E-state index contributed by atoms with van der Waals surface area (Å²) in [6, 6.07) is 16.2. The summed E-state index contributed by atoms with van der Waals surface area (Å²) < 4.78 is 23.7. The van der Waals surface area contributed by atoms with Gasteiger partial charge in [0.15, 0.2) is 23.0 Å². The second kappa shape index (κ2) is 13.9. The van der Waals surface area contributed by atoms with E-state index in [0.717, 1.165) is 21.1 Å². The molecule has 0 aromatic heterocycles. The van der Waals surface area contributed by atoms with E-state index in [1.165, 1.54) is 0 Å². The number of hydrogen-bond donors (Lipinski definition) is 1.